The van der Waals surface area contributed by atoms with E-state index in [0.29, 0.717) is 17.4 Å². The molecule has 2 rings (SSSR count). The van der Waals surface area contributed by atoms with Crippen molar-refractivity contribution in [2.75, 3.05) is 13.7 Å². The van der Waals surface area contributed by atoms with Gasteiger partial charge in [-0.3, -0.25) is 0 Å². The third-order valence-electron chi connectivity index (χ3n) is 2.95. The van der Waals surface area contributed by atoms with Crippen LogP contribution in [0.15, 0.2) is 42.5 Å². The van der Waals surface area contributed by atoms with Gasteiger partial charge in [0.05, 0.1) is 24.1 Å². The Balaban J connectivity index is 2.21. The van der Waals surface area contributed by atoms with Crippen LogP contribution in [0.3, 0.4) is 0 Å². The second kappa shape index (κ2) is 6.87. The molecule has 106 valence electrons. The van der Waals surface area contributed by atoms with Gasteiger partial charge >= 0.3 is 0 Å². The molecule has 4 heteroatoms. The highest BCUT2D eigenvalue weighted by Crippen LogP contribution is 2.34. The second-order valence-corrected chi connectivity index (χ2v) is 5.10. The van der Waals surface area contributed by atoms with Crippen molar-refractivity contribution >= 4 is 23.2 Å². The van der Waals surface area contributed by atoms with Gasteiger partial charge < -0.3 is 9.47 Å². The minimum absolute atomic E-state index is 0.255. The highest BCUT2D eigenvalue weighted by atomic mass is 35.5. The molecule has 20 heavy (non-hydrogen) atoms. The van der Waals surface area contributed by atoms with Crippen LogP contribution in [0.25, 0.3) is 0 Å². The summed E-state index contributed by atoms with van der Waals surface area (Å²) in [5.74, 6) is 1.49. The summed E-state index contributed by atoms with van der Waals surface area (Å²) < 4.78 is 10.6. The fourth-order valence-corrected chi connectivity index (χ4v) is 2.48. The molecule has 2 aromatic carbocycles. The first-order chi connectivity index (χ1) is 9.65. The van der Waals surface area contributed by atoms with Crippen molar-refractivity contribution < 1.29 is 9.47 Å². The molecule has 0 saturated carbocycles. The molecular weight excluding hydrogens is 295 g/mol. The Morgan fingerprint density at radius 2 is 1.70 bits per heavy atom. The maximum absolute atomic E-state index is 6.49. The maximum Gasteiger partial charge on any atom is 0.137 e. The lowest BCUT2D eigenvalue weighted by Gasteiger charge is -2.13. The zero-order valence-corrected chi connectivity index (χ0v) is 12.9. The van der Waals surface area contributed by atoms with Crippen LogP contribution in [0.4, 0.5) is 0 Å². The lowest BCUT2D eigenvalue weighted by Crippen LogP contribution is -1.96. The molecule has 0 N–H and O–H groups in total. The van der Waals surface area contributed by atoms with Crippen molar-refractivity contribution in [1.82, 2.24) is 0 Å². The SMILES string of the molecule is CCOc1ccc(C(Cl)c2ccc(OC)c(Cl)c2)cc1. The zero-order chi connectivity index (χ0) is 14.5. The van der Waals surface area contributed by atoms with E-state index >= 15 is 0 Å². The Hall–Kier alpha value is -1.38. The molecule has 0 aliphatic heterocycles. The number of benzene rings is 2. The van der Waals surface area contributed by atoms with Gasteiger partial charge in [-0.2, -0.15) is 0 Å². The Labute approximate surface area is 129 Å². The normalized spacial score (nSPS) is 12.0. The predicted molar refractivity (Wildman–Crippen MR) is 83.3 cm³/mol. The van der Waals surface area contributed by atoms with Crippen molar-refractivity contribution in [2.45, 2.75) is 12.3 Å². The number of rotatable bonds is 5. The van der Waals surface area contributed by atoms with Gasteiger partial charge in [0.2, 0.25) is 0 Å². The molecule has 0 heterocycles. The van der Waals surface area contributed by atoms with Gasteiger partial charge in [-0.1, -0.05) is 29.8 Å². The largest absolute Gasteiger partial charge is 0.495 e. The third kappa shape index (κ3) is 3.38. The Morgan fingerprint density at radius 1 is 1.05 bits per heavy atom. The van der Waals surface area contributed by atoms with Crippen LogP contribution in [-0.4, -0.2) is 13.7 Å². The van der Waals surface area contributed by atoms with Crippen LogP contribution in [0.5, 0.6) is 11.5 Å². The summed E-state index contributed by atoms with van der Waals surface area (Å²) in [5, 5.41) is 0.302. The molecule has 0 radical (unpaired) electrons. The van der Waals surface area contributed by atoms with Gasteiger partial charge in [-0.05, 0) is 42.3 Å². The molecule has 0 fully saturated rings. The van der Waals surface area contributed by atoms with Crippen LogP contribution in [0.2, 0.25) is 5.02 Å². The lowest BCUT2D eigenvalue weighted by molar-refractivity contribution is 0.340. The molecule has 0 aliphatic rings. The first-order valence-electron chi connectivity index (χ1n) is 6.36. The quantitative estimate of drug-likeness (QED) is 0.717. The fraction of sp³-hybridized carbons (Fsp3) is 0.250. The number of hydrogen-bond donors (Lipinski definition) is 0. The standard InChI is InChI=1S/C16H16Cl2O2/c1-3-20-13-7-4-11(5-8-13)16(18)12-6-9-15(19-2)14(17)10-12/h4-10,16H,3H2,1-2H3. The van der Waals surface area contributed by atoms with E-state index in [1.54, 1.807) is 7.11 Å². The first-order valence-corrected chi connectivity index (χ1v) is 7.17. The van der Waals surface area contributed by atoms with Gasteiger partial charge in [0.15, 0.2) is 0 Å². The van der Waals surface area contributed by atoms with Gasteiger partial charge in [-0.15, -0.1) is 11.6 Å². The van der Waals surface area contributed by atoms with Crippen LogP contribution >= 0.6 is 23.2 Å². The number of ether oxygens (including phenoxy) is 2. The first kappa shape index (κ1) is 15.0. The summed E-state index contributed by atoms with van der Waals surface area (Å²) in [7, 11) is 1.59. The van der Waals surface area contributed by atoms with Crippen LogP contribution in [-0.2, 0) is 0 Å². The number of methoxy groups -OCH3 is 1. The van der Waals surface area contributed by atoms with Crippen LogP contribution in [0.1, 0.15) is 23.4 Å². The smallest absolute Gasteiger partial charge is 0.137 e. The molecule has 2 aromatic rings. The van der Waals surface area contributed by atoms with E-state index in [9.17, 15) is 0 Å². The maximum atomic E-state index is 6.49. The summed E-state index contributed by atoms with van der Waals surface area (Å²) in [6, 6.07) is 13.3. The van der Waals surface area contributed by atoms with E-state index in [2.05, 4.69) is 0 Å². The van der Waals surface area contributed by atoms with E-state index < -0.39 is 0 Å². The van der Waals surface area contributed by atoms with E-state index in [-0.39, 0.29) is 5.38 Å². The van der Waals surface area contributed by atoms with Crippen molar-refractivity contribution in [3.63, 3.8) is 0 Å². The summed E-state index contributed by atoms with van der Waals surface area (Å²) in [6.07, 6.45) is 0. The van der Waals surface area contributed by atoms with Gasteiger partial charge in [0, 0.05) is 0 Å². The van der Waals surface area contributed by atoms with Crippen LogP contribution in [0, 0.1) is 0 Å². The molecule has 1 atom stereocenters. The molecule has 0 saturated heterocycles. The van der Waals surface area contributed by atoms with Gasteiger partial charge in [0.25, 0.3) is 0 Å². The molecular formula is C16H16Cl2O2. The van der Waals surface area contributed by atoms with E-state index in [0.717, 1.165) is 16.9 Å². The molecule has 0 bridgehead atoms. The Kier molecular flexibility index (Phi) is 5.16. The minimum Gasteiger partial charge on any atom is -0.495 e. The minimum atomic E-state index is -0.255. The Bertz CT molecular complexity index is 567. The van der Waals surface area contributed by atoms with Crippen LogP contribution < -0.4 is 9.47 Å². The molecule has 0 aromatic heterocycles. The summed E-state index contributed by atoms with van der Waals surface area (Å²) >= 11 is 12.6. The van der Waals surface area contributed by atoms with E-state index in [1.807, 2.05) is 49.4 Å². The summed E-state index contributed by atoms with van der Waals surface area (Å²) in [6.45, 7) is 2.61. The monoisotopic (exact) mass is 310 g/mol. The number of halogens is 2. The van der Waals surface area contributed by atoms with Crippen molar-refractivity contribution in [3.8, 4) is 11.5 Å². The topological polar surface area (TPSA) is 18.5 Å². The van der Waals surface area contributed by atoms with E-state index in [1.165, 1.54) is 0 Å². The average molecular weight is 311 g/mol. The lowest BCUT2D eigenvalue weighted by atomic mass is 10.0. The molecule has 0 spiro atoms. The fourth-order valence-electron chi connectivity index (χ4n) is 1.93. The molecule has 1 unspecified atom stereocenters. The van der Waals surface area contributed by atoms with Gasteiger partial charge in [-0.25, -0.2) is 0 Å². The average Bonchev–Trinajstić information content (AvgIpc) is 2.47. The molecule has 0 aliphatic carbocycles. The van der Waals surface area contributed by atoms with E-state index in [4.69, 9.17) is 32.7 Å². The van der Waals surface area contributed by atoms with Gasteiger partial charge in [0.1, 0.15) is 11.5 Å². The molecule has 0 amide bonds. The number of hydrogen-bond acceptors (Lipinski definition) is 2. The zero-order valence-electron chi connectivity index (χ0n) is 11.4. The summed E-state index contributed by atoms with van der Waals surface area (Å²) in [5.41, 5.74) is 1.93. The Morgan fingerprint density at radius 3 is 2.25 bits per heavy atom. The van der Waals surface area contributed by atoms with Crippen molar-refractivity contribution in [3.05, 3.63) is 58.6 Å². The summed E-state index contributed by atoms with van der Waals surface area (Å²) in [4.78, 5) is 0. The van der Waals surface area contributed by atoms with Crippen molar-refractivity contribution in [2.24, 2.45) is 0 Å². The predicted octanol–water partition coefficient (Wildman–Crippen LogP) is 5.08. The number of alkyl halides is 1. The highest BCUT2D eigenvalue weighted by molar-refractivity contribution is 6.32. The highest BCUT2D eigenvalue weighted by Gasteiger charge is 2.13. The third-order valence-corrected chi connectivity index (χ3v) is 3.75. The second-order valence-electron chi connectivity index (χ2n) is 4.26. The molecule has 2 nitrogen and oxygen atoms in total. The van der Waals surface area contributed by atoms with Crippen molar-refractivity contribution in [1.29, 1.82) is 0 Å².